The highest BCUT2D eigenvalue weighted by Gasteiger charge is 2.27. The van der Waals surface area contributed by atoms with Crippen LogP contribution in [0.2, 0.25) is 0 Å². The molecule has 2 aliphatic heterocycles. The molecule has 1 aromatic rings. The third-order valence-corrected chi connectivity index (χ3v) is 4.88. The highest BCUT2D eigenvalue weighted by atomic mass is 16.2. The van der Waals surface area contributed by atoms with Gasteiger partial charge in [-0.1, -0.05) is 0 Å². The van der Waals surface area contributed by atoms with Crippen LogP contribution in [-0.4, -0.2) is 82.6 Å². The van der Waals surface area contributed by atoms with Crippen molar-refractivity contribution in [3.63, 3.8) is 0 Å². The highest BCUT2D eigenvalue weighted by Crippen LogP contribution is 2.17. The number of amides is 2. The fourth-order valence-electron chi connectivity index (χ4n) is 3.54. The molecule has 1 N–H and O–H groups in total. The lowest BCUT2D eigenvalue weighted by Gasteiger charge is -2.35. The molecule has 0 saturated carbocycles. The Morgan fingerprint density at radius 3 is 2.75 bits per heavy atom. The summed E-state index contributed by atoms with van der Waals surface area (Å²) in [6.45, 7) is 11.8. The third-order valence-electron chi connectivity index (χ3n) is 4.88. The molecule has 2 aliphatic rings. The van der Waals surface area contributed by atoms with Crippen molar-refractivity contribution in [2.45, 2.75) is 33.0 Å². The van der Waals surface area contributed by atoms with Crippen LogP contribution in [0.3, 0.4) is 0 Å². The molecular weight excluding hydrogens is 304 g/mol. The summed E-state index contributed by atoms with van der Waals surface area (Å²) in [5, 5.41) is 3.02. The van der Waals surface area contributed by atoms with Crippen LogP contribution >= 0.6 is 0 Å². The largest absolute Gasteiger partial charge is 0.336 e. The zero-order chi connectivity index (χ0) is 17.1. The van der Waals surface area contributed by atoms with Crippen molar-refractivity contribution in [3.8, 4) is 0 Å². The minimum atomic E-state index is 0.0184. The maximum atomic E-state index is 12.5. The standard InChI is InChI=1S/C17H30N6O/c1-14(2)19-17(24)23-12-15(10-21-8-6-20(3)7-9-21)11-22-5-4-18-16(22)13-23/h4-5,14-15H,6-13H2,1-3H3,(H,19,24)/t15-/m0/s1. The Kier molecular flexibility index (Phi) is 5.40. The molecule has 7 heteroatoms. The Bertz CT molecular complexity index is 549. The SMILES string of the molecule is CC(C)NC(=O)N1Cc2nccn2C[C@H](CN2CCN(C)CC2)C1. The summed E-state index contributed by atoms with van der Waals surface area (Å²) in [4.78, 5) is 23.8. The van der Waals surface area contributed by atoms with Crippen LogP contribution in [0.1, 0.15) is 19.7 Å². The lowest BCUT2D eigenvalue weighted by molar-refractivity contribution is 0.120. The third kappa shape index (κ3) is 4.27. The lowest BCUT2D eigenvalue weighted by atomic mass is 10.1. The van der Waals surface area contributed by atoms with E-state index in [0.717, 1.165) is 51.6 Å². The molecule has 1 fully saturated rings. The summed E-state index contributed by atoms with van der Waals surface area (Å²) in [5.74, 6) is 1.41. The van der Waals surface area contributed by atoms with Gasteiger partial charge in [-0.2, -0.15) is 0 Å². The van der Waals surface area contributed by atoms with Crippen LogP contribution < -0.4 is 5.32 Å². The quantitative estimate of drug-likeness (QED) is 0.883. The Morgan fingerprint density at radius 1 is 1.29 bits per heavy atom. The molecule has 134 valence electrons. The first-order valence-corrected chi connectivity index (χ1v) is 8.97. The van der Waals surface area contributed by atoms with E-state index in [4.69, 9.17) is 0 Å². The second-order valence-corrected chi connectivity index (χ2v) is 7.45. The van der Waals surface area contributed by atoms with E-state index >= 15 is 0 Å². The number of hydrogen-bond acceptors (Lipinski definition) is 4. The fraction of sp³-hybridized carbons (Fsp3) is 0.765. The van der Waals surface area contributed by atoms with Crippen LogP contribution in [0.5, 0.6) is 0 Å². The van der Waals surface area contributed by atoms with Gasteiger partial charge >= 0.3 is 6.03 Å². The predicted molar refractivity (Wildman–Crippen MR) is 93.7 cm³/mol. The number of carbonyl (C=O) groups is 1. The summed E-state index contributed by atoms with van der Waals surface area (Å²) in [5.41, 5.74) is 0. The summed E-state index contributed by atoms with van der Waals surface area (Å²) < 4.78 is 2.21. The molecule has 1 saturated heterocycles. The minimum Gasteiger partial charge on any atom is -0.336 e. The van der Waals surface area contributed by atoms with Gasteiger partial charge in [0.1, 0.15) is 5.82 Å². The lowest BCUT2D eigenvalue weighted by Crippen LogP contribution is -2.49. The van der Waals surface area contributed by atoms with E-state index in [2.05, 4.69) is 31.7 Å². The number of carbonyl (C=O) groups excluding carboxylic acids is 1. The van der Waals surface area contributed by atoms with Gasteiger partial charge in [0.05, 0.1) is 6.54 Å². The molecule has 0 bridgehead atoms. The molecule has 0 aromatic carbocycles. The van der Waals surface area contributed by atoms with Gasteiger partial charge in [-0.15, -0.1) is 0 Å². The van der Waals surface area contributed by atoms with Crippen molar-refractivity contribution in [1.29, 1.82) is 0 Å². The van der Waals surface area contributed by atoms with Gasteiger partial charge in [-0.25, -0.2) is 9.78 Å². The maximum absolute atomic E-state index is 12.5. The Hall–Kier alpha value is -1.60. The van der Waals surface area contributed by atoms with Crippen LogP contribution in [0.4, 0.5) is 4.79 Å². The average molecular weight is 334 g/mol. The van der Waals surface area contributed by atoms with E-state index in [-0.39, 0.29) is 12.1 Å². The second kappa shape index (κ2) is 7.53. The topological polar surface area (TPSA) is 56.6 Å². The summed E-state index contributed by atoms with van der Waals surface area (Å²) in [6, 6.07) is 0.168. The van der Waals surface area contributed by atoms with Crippen molar-refractivity contribution >= 4 is 6.03 Å². The smallest absolute Gasteiger partial charge is 0.318 e. The predicted octanol–water partition coefficient (Wildman–Crippen LogP) is 0.680. The molecular formula is C17H30N6O. The molecule has 3 heterocycles. The molecule has 3 rings (SSSR count). The molecule has 0 aliphatic carbocycles. The molecule has 1 atom stereocenters. The first-order valence-electron chi connectivity index (χ1n) is 8.97. The van der Waals surface area contributed by atoms with Gasteiger partial charge in [-0.3, -0.25) is 0 Å². The van der Waals surface area contributed by atoms with E-state index in [1.165, 1.54) is 0 Å². The number of hydrogen-bond donors (Lipinski definition) is 1. The Balaban J connectivity index is 1.68. The summed E-state index contributed by atoms with van der Waals surface area (Å²) in [7, 11) is 2.18. The van der Waals surface area contributed by atoms with Crippen LogP contribution in [0.15, 0.2) is 12.4 Å². The first-order chi connectivity index (χ1) is 11.5. The van der Waals surface area contributed by atoms with Gasteiger partial charge in [0.15, 0.2) is 0 Å². The molecule has 0 radical (unpaired) electrons. The molecule has 1 aromatic heterocycles. The van der Waals surface area contributed by atoms with E-state index in [9.17, 15) is 4.79 Å². The molecule has 24 heavy (non-hydrogen) atoms. The summed E-state index contributed by atoms with van der Waals surface area (Å²) >= 11 is 0. The van der Waals surface area contributed by atoms with Crippen molar-refractivity contribution in [2.24, 2.45) is 5.92 Å². The number of urea groups is 1. The maximum Gasteiger partial charge on any atom is 0.318 e. The van der Waals surface area contributed by atoms with Crippen LogP contribution in [-0.2, 0) is 13.1 Å². The van der Waals surface area contributed by atoms with E-state index in [0.29, 0.717) is 12.5 Å². The van der Waals surface area contributed by atoms with Gasteiger partial charge in [0.25, 0.3) is 0 Å². The van der Waals surface area contributed by atoms with Gasteiger partial charge in [0.2, 0.25) is 0 Å². The van der Waals surface area contributed by atoms with Gasteiger partial charge < -0.3 is 24.6 Å². The van der Waals surface area contributed by atoms with Crippen LogP contribution in [0, 0.1) is 5.92 Å². The minimum absolute atomic E-state index is 0.0184. The number of nitrogens with zero attached hydrogens (tertiary/aromatic N) is 5. The number of likely N-dealkylation sites (N-methyl/N-ethyl adjacent to an activating group) is 1. The van der Waals surface area contributed by atoms with Crippen LogP contribution in [0.25, 0.3) is 0 Å². The van der Waals surface area contributed by atoms with Crippen molar-refractivity contribution in [3.05, 3.63) is 18.2 Å². The zero-order valence-corrected chi connectivity index (χ0v) is 15.1. The second-order valence-electron chi connectivity index (χ2n) is 7.45. The molecule has 0 spiro atoms. The van der Waals surface area contributed by atoms with Crippen molar-refractivity contribution < 1.29 is 4.79 Å². The number of imidazole rings is 1. The highest BCUT2D eigenvalue weighted by molar-refractivity contribution is 5.74. The Morgan fingerprint density at radius 2 is 2.04 bits per heavy atom. The number of rotatable bonds is 3. The van der Waals surface area contributed by atoms with Gasteiger partial charge in [0, 0.05) is 70.2 Å². The number of piperazine rings is 1. The molecule has 0 unspecified atom stereocenters. The fourth-order valence-corrected chi connectivity index (χ4v) is 3.54. The monoisotopic (exact) mass is 334 g/mol. The Labute approximate surface area is 144 Å². The average Bonchev–Trinajstić information content (AvgIpc) is 2.87. The number of aromatic nitrogens is 2. The van der Waals surface area contributed by atoms with E-state index < -0.39 is 0 Å². The number of nitrogens with one attached hydrogen (secondary N) is 1. The summed E-state index contributed by atoms with van der Waals surface area (Å²) in [6.07, 6.45) is 3.88. The van der Waals surface area contributed by atoms with E-state index in [1.54, 1.807) is 0 Å². The molecule has 2 amide bonds. The normalized spacial score (nSPS) is 23.2. The first kappa shape index (κ1) is 17.2. The zero-order valence-electron chi connectivity index (χ0n) is 15.1. The number of fused-ring (bicyclic) bond motifs is 1. The van der Waals surface area contributed by atoms with Crippen molar-refractivity contribution in [1.82, 2.24) is 29.6 Å². The molecule has 7 nitrogen and oxygen atoms in total. The van der Waals surface area contributed by atoms with E-state index in [1.807, 2.05) is 31.1 Å². The van der Waals surface area contributed by atoms with Gasteiger partial charge in [-0.05, 0) is 20.9 Å². The van der Waals surface area contributed by atoms with Crippen molar-refractivity contribution in [2.75, 3.05) is 46.3 Å².